The molecular formula is C12H17NO2. The lowest BCUT2D eigenvalue weighted by atomic mass is 10.1. The first-order chi connectivity index (χ1) is 7.19. The second-order valence-electron chi connectivity index (χ2n) is 3.72. The number of para-hydroxylation sites is 1. The van der Waals surface area contributed by atoms with Crippen molar-refractivity contribution in [1.29, 1.82) is 0 Å². The lowest BCUT2D eigenvalue weighted by Gasteiger charge is -2.15. The van der Waals surface area contributed by atoms with Gasteiger partial charge in [-0.3, -0.25) is 0 Å². The molecule has 1 aromatic carbocycles. The number of ether oxygens (including phenoxy) is 1. The maximum Gasteiger partial charge on any atom is 0.126 e. The molecule has 3 heteroatoms. The van der Waals surface area contributed by atoms with Crippen LogP contribution in [0.2, 0.25) is 0 Å². The summed E-state index contributed by atoms with van der Waals surface area (Å²) in [5.74, 6) is 0.832. The highest BCUT2D eigenvalue weighted by atomic mass is 16.5. The van der Waals surface area contributed by atoms with Crippen LogP contribution in [0, 0.1) is 0 Å². The number of benzene rings is 1. The second kappa shape index (κ2) is 5.51. The molecule has 0 aliphatic carbocycles. The van der Waals surface area contributed by atoms with Crippen molar-refractivity contribution in [3.8, 4) is 5.75 Å². The van der Waals surface area contributed by atoms with Crippen molar-refractivity contribution in [2.45, 2.75) is 13.0 Å². The van der Waals surface area contributed by atoms with E-state index in [1.165, 1.54) is 0 Å². The van der Waals surface area contributed by atoms with E-state index in [0.29, 0.717) is 6.42 Å². The van der Waals surface area contributed by atoms with Crippen molar-refractivity contribution in [3.05, 3.63) is 29.3 Å². The van der Waals surface area contributed by atoms with Crippen molar-refractivity contribution in [1.82, 2.24) is 4.90 Å². The Kier molecular flexibility index (Phi) is 4.31. The van der Waals surface area contributed by atoms with Gasteiger partial charge in [-0.25, -0.2) is 0 Å². The molecule has 3 nitrogen and oxygen atoms in total. The molecule has 0 heterocycles. The van der Waals surface area contributed by atoms with Crippen molar-refractivity contribution in [2.75, 3.05) is 21.2 Å². The van der Waals surface area contributed by atoms with Gasteiger partial charge in [0.25, 0.3) is 0 Å². The number of carbonyl (C=O) groups excluding carboxylic acids is 1. The average molecular weight is 207 g/mol. The molecule has 0 aromatic heterocycles. The number of nitrogens with zero attached hydrogens (tertiary/aromatic N) is 1. The van der Waals surface area contributed by atoms with E-state index < -0.39 is 0 Å². The Morgan fingerprint density at radius 3 is 2.53 bits per heavy atom. The predicted molar refractivity (Wildman–Crippen MR) is 60.2 cm³/mol. The maximum atomic E-state index is 10.5. The van der Waals surface area contributed by atoms with E-state index in [0.717, 1.165) is 29.7 Å². The fraction of sp³-hybridized carbons (Fsp3) is 0.417. The molecule has 82 valence electrons. The van der Waals surface area contributed by atoms with E-state index in [1.807, 2.05) is 32.3 Å². The minimum Gasteiger partial charge on any atom is -0.496 e. The summed E-state index contributed by atoms with van der Waals surface area (Å²) in [6, 6.07) is 5.90. The fourth-order valence-electron chi connectivity index (χ4n) is 1.62. The van der Waals surface area contributed by atoms with E-state index in [9.17, 15) is 4.79 Å². The molecule has 0 spiro atoms. The summed E-state index contributed by atoms with van der Waals surface area (Å²) < 4.78 is 5.34. The zero-order chi connectivity index (χ0) is 11.3. The molecule has 0 aliphatic heterocycles. The molecule has 0 saturated heterocycles. The fourth-order valence-corrected chi connectivity index (χ4v) is 1.62. The molecule has 0 saturated carbocycles. The minimum atomic E-state index is 0.407. The number of carbonyl (C=O) groups is 1. The Hall–Kier alpha value is -1.35. The first-order valence-corrected chi connectivity index (χ1v) is 4.92. The van der Waals surface area contributed by atoms with Crippen molar-refractivity contribution >= 4 is 6.29 Å². The largest absolute Gasteiger partial charge is 0.496 e. The highest BCUT2D eigenvalue weighted by Crippen LogP contribution is 2.24. The first-order valence-electron chi connectivity index (χ1n) is 4.92. The minimum absolute atomic E-state index is 0.407. The molecule has 1 aromatic rings. The van der Waals surface area contributed by atoms with Gasteiger partial charge in [-0.1, -0.05) is 18.2 Å². The average Bonchev–Trinajstić information content (AvgIpc) is 2.18. The Labute approximate surface area is 90.7 Å². The van der Waals surface area contributed by atoms with Crippen LogP contribution < -0.4 is 4.74 Å². The zero-order valence-corrected chi connectivity index (χ0v) is 9.49. The number of hydrogen-bond donors (Lipinski definition) is 0. The summed E-state index contributed by atoms with van der Waals surface area (Å²) in [6.45, 7) is 0.815. The van der Waals surface area contributed by atoms with Gasteiger partial charge in [0.15, 0.2) is 0 Å². The number of rotatable bonds is 5. The Bertz CT molecular complexity index is 334. The molecular weight excluding hydrogens is 190 g/mol. The Balaban J connectivity index is 3.03. The van der Waals surface area contributed by atoms with E-state index in [4.69, 9.17) is 4.74 Å². The lowest BCUT2D eigenvalue weighted by Crippen LogP contribution is -2.12. The smallest absolute Gasteiger partial charge is 0.126 e. The second-order valence-corrected chi connectivity index (χ2v) is 3.72. The van der Waals surface area contributed by atoms with Crippen molar-refractivity contribution in [2.24, 2.45) is 0 Å². The van der Waals surface area contributed by atoms with Crippen molar-refractivity contribution in [3.63, 3.8) is 0 Å². The van der Waals surface area contributed by atoms with Crippen LogP contribution in [0.3, 0.4) is 0 Å². The highest BCUT2D eigenvalue weighted by Gasteiger charge is 2.08. The van der Waals surface area contributed by atoms with Crippen LogP contribution in [0.25, 0.3) is 0 Å². The topological polar surface area (TPSA) is 29.5 Å². The van der Waals surface area contributed by atoms with E-state index in [-0.39, 0.29) is 0 Å². The predicted octanol–water partition coefficient (Wildman–Crippen LogP) is 1.50. The zero-order valence-electron chi connectivity index (χ0n) is 9.49. The monoisotopic (exact) mass is 207 g/mol. The van der Waals surface area contributed by atoms with Gasteiger partial charge >= 0.3 is 0 Å². The van der Waals surface area contributed by atoms with Gasteiger partial charge in [-0.05, 0) is 14.1 Å². The summed E-state index contributed by atoms with van der Waals surface area (Å²) in [6.07, 6.45) is 1.31. The van der Waals surface area contributed by atoms with Gasteiger partial charge in [-0.15, -0.1) is 0 Å². The summed E-state index contributed by atoms with van der Waals surface area (Å²) in [5, 5.41) is 0. The van der Waals surface area contributed by atoms with Gasteiger partial charge in [0.2, 0.25) is 0 Å². The van der Waals surface area contributed by atoms with Crippen LogP contribution in [0.1, 0.15) is 11.1 Å². The van der Waals surface area contributed by atoms with Gasteiger partial charge in [-0.2, -0.15) is 0 Å². The lowest BCUT2D eigenvalue weighted by molar-refractivity contribution is -0.107. The molecule has 0 bridgehead atoms. The standard InChI is InChI=1S/C12H17NO2/c1-13(2)9-11-6-4-5-10(7-8-14)12(11)15-3/h4-6,8H,7,9H2,1-3H3. The summed E-state index contributed by atoms with van der Waals surface area (Å²) in [5.41, 5.74) is 2.06. The van der Waals surface area contributed by atoms with Crippen LogP contribution in [-0.4, -0.2) is 32.4 Å². The molecule has 0 fully saturated rings. The Morgan fingerprint density at radius 1 is 1.33 bits per heavy atom. The molecule has 0 N–H and O–H groups in total. The molecule has 0 radical (unpaired) electrons. The Morgan fingerprint density at radius 2 is 2.00 bits per heavy atom. The third-order valence-electron chi connectivity index (χ3n) is 2.17. The number of hydrogen-bond acceptors (Lipinski definition) is 3. The third kappa shape index (κ3) is 3.06. The van der Waals surface area contributed by atoms with Gasteiger partial charge in [0.1, 0.15) is 12.0 Å². The molecule has 0 aliphatic rings. The maximum absolute atomic E-state index is 10.5. The number of aldehydes is 1. The van der Waals surface area contributed by atoms with Crippen LogP contribution >= 0.6 is 0 Å². The molecule has 0 unspecified atom stereocenters. The van der Waals surface area contributed by atoms with E-state index in [2.05, 4.69) is 4.90 Å². The molecule has 15 heavy (non-hydrogen) atoms. The molecule has 1 rings (SSSR count). The summed E-state index contributed by atoms with van der Waals surface area (Å²) in [7, 11) is 5.65. The van der Waals surface area contributed by atoms with E-state index in [1.54, 1.807) is 7.11 Å². The van der Waals surface area contributed by atoms with Crippen LogP contribution in [0.15, 0.2) is 18.2 Å². The quantitative estimate of drug-likeness (QED) is 0.685. The van der Waals surface area contributed by atoms with Crippen LogP contribution in [-0.2, 0) is 17.8 Å². The van der Waals surface area contributed by atoms with Gasteiger partial charge in [0.05, 0.1) is 7.11 Å². The summed E-state index contributed by atoms with van der Waals surface area (Å²) in [4.78, 5) is 12.6. The normalized spacial score (nSPS) is 10.4. The summed E-state index contributed by atoms with van der Waals surface area (Å²) >= 11 is 0. The van der Waals surface area contributed by atoms with Gasteiger partial charge < -0.3 is 14.4 Å². The first kappa shape index (κ1) is 11.7. The van der Waals surface area contributed by atoms with Gasteiger partial charge in [0, 0.05) is 24.1 Å². The third-order valence-corrected chi connectivity index (χ3v) is 2.17. The SMILES string of the molecule is COc1c(CC=O)cccc1CN(C)C. The van der Waals surface area contributed by atoms with Crippen LogP contribution in [0.5, 0.6) is 5.75 Å². The molecule has 0 amide bonds. The van der Waals surface area contributed by atoms with E-state index >= 15 is 0 Å². The van der Waals surface area contributed by atoms with Crippen molar-refractivity contribution < 1.29 is 9.53 Å². The highest BCUT2D eigenvalue weighted by molar-refractivity contribution is 5.58. The molecule has 0 atom stereocenters. The van der Waals surface area contributed by atoms with Crippen LogP contribution in [0.4, 0.5) is 0 Å². The number of methoxy groups -OCH3 is 1.